The van der Waals surface area contributed by atoms with Gasteiger partial charge in [0.25, 0.3) is 0 Å². The molecule has 1 aromatic heterocycles. The number of amides is 1. The molecule has 1 N–H and O–H groups in total. The second-order valence-corrected chi connectivity index (χ2v) is 7.76. The first kappa shape index (κ1) is 21.4. The first-order chi connectivity index (χ1) is 14.4. The van der Waals surface area contributed by atoms with Gasteiger partial charge in [-0.15, -0.1) is 5.10 Å². The van der Waals surface area contributed by atoms with E-state index in [0.29, 0.717) is 30.0 Å². The molecule has 158 valence electrons. The zero-order valence-corrected chi connectivity index (χ0v) is 18.0. The van der Waals surface area contributed by atoms with Crippen LogP contribution < -0.4 is 14.8 Å². The van der Waals surface area contributed by atoms with Crippen LogP contribution in [0.5, 0.6) is 11.8 Å². The summed E-state index contributed by atoms with van der Waals surface area (Å²) in [5.74, 6) is 1.62. The normalized spacial score (nSPS) is 11.0. The molecule has 2 aromatic carbocycles. The van der Waals surface area contributed by atoms with E-state index in [0.717, 1.165) is 17.0 Å². The van der Waals surface area contributed by atoms with Gasteiger partial charge in [-0.05, 0) is 48.4 Å². The van der Waals surface area contributed by atoms with E-state index in [1.54, 1.807) is 11.8 Å². The maximum absolute atomic E-state index is 12.1. The minimum absolute atomic E-state index is 0.0397. The van der Waals surface area contributed by atoms with Gasteiger partial charge in [0.2, 0.25) is 5.91 Å². The summed E-state index contributed by atoms with van der Waals surface area (Å²) in [4.78, 5) is 16.7. The Bertz CT molecular complexity index is 994. The fourth-order valence-electron chi connectivity index (χ4n) is 2.70. The van der Waals surface area contributed by atoms with Crippen LogP contribution in [0.3, 0.4) is 0 Å². The minimum Gasteiger partial charge on any atom is -0.497 e. The first-order valence-corrected chi connectivity index (χ1v) is 10.0. The second kappa shape index (κ2) is 9.43. The van der Waals surface area contributed by atoms with Gasteiger partial charge in [0, 0.05) is 17.2 Å². The number of benzene rings is 2. The quantitative estimate of drug-likeness (QED) is 0.591. The maximum atomic E-state index is 12.1. The van der Waals surface area contributed by atoms with E-state index in [1.807, 2.05) is 62.4 Å². The summed E-state index contributed by atoms with van der Waals surface area (Å²) in [5, 5.41) is 7.49. The van der Waals surface area contributed by atoms with Crippen molar-refractivity contribution in [1.29, 1.82) is 0 Å². The van der Waals surface area contributed by atoms with Crippen LogP contribution in [0.4, 0.5) is 5.69 Å². The number of nitrogens with zero attached hydrogens (tertiary/aromatic N) is 3. The van der Waals surface area contributed by atoms with Crippen molar-refractivity contribution in [3.05, 3.63) is 48.5 Å². The van der Waals surface area contributed by atoms with Crippen molar-refractivity contribution in [2.45, 2.75) is 27.7 Å². The lowest BCUT2D eigenvalue weighted by Gasteiger charge is -2.11. The van der Waals surface area contributed by atoms with Gasteiger partial charge in [-0.2, -0.15) is 4.98 Å². The number of hydrogen-bond donors (Lipinski definition) is 1. The third-order valence-electron chi connectivity index (χ3n) is 4.36. The van der Waals surface area contributed by atoms with Crippen LogP contribution in [0.25, 0.3) is 17.1 Å². The van der Waals surface area contributed by atoms with Crippen LogP contribution >= 0.6 is 0 Å². The number of anilines is 1. The van der Waals surface area contributed by atoms with Crippen LogP contribution in [-0.4, -0.2) is 34.4 Å². The fourth-order valence-corrected chi connectivity index (χ4v) is 2.70. The molecule has 0 aliphatic rings. The van der Waals surface area contributed by atoms with Crippen molar-refractivity contribution < 1.29 is 14.3 Å². The predicted molar refractivity (Wildman–Crippen MR) is 117 cm³/mol. The Morgan fingerprint density at radius 2 is 1.83 bits per heavy atom. The number of hydrogen-bond acceptors (Lipinski definition) is 5. The van der Waals surface area contributed by atoms with Crippen molar-refractivity contribution in [3.8, 4) is 28.8 Å². The molecule has 1 heterocycles. The van der Waals surface area contributed by atoms with E-state index in [4.69, 9.17) is 9.47 Å². The average Bonchev–Trinajstić information content (AvgIpc) is 3.17. The smallest absolute Gasteiger partial charge is 0.336 e. The third-order valence-corrected chi connectivity index (χ3v) is 4.36. The topological polar surface area (TPSA) is 78.3 Å². The highest BCUT2D eigenvalue weighted by Crippen LogP contribution is 2.27. The Hall–Kier alpha value is -3.35. The Morgan fingerprint density at radius 3 is 2.47 bits per heavy atom. The van der Waals surface area contributed by atoms with Crippen molar-refractivity contribution in [1.82, 2.24) is 14.8 Å². The van der Waals surface area contributed by atoms with Crippen LogP contribution in [0.15, 0.2) is 48.5 Å². The summed E-state index contributed by atoms with van der Waals surface area (Å²) < 4.78 is 12.7. The Kier molecular flexibility index (Phi) is 6.72. The van der Waals surface area contributed by atoms with E-state index in [1.165, 1.54) is 0 Å². The molecule has 0 saturated heterocycles. The van der Waals surface area contributed by atoms with E-state index < -0.39 is 0 Å². The molecule has 7 nitrogen and oxygen atoms in total. The van der Waals surface area contributed by atoms with Gasteiger partial charge in [-0.1, -0.05) is 33.8 Å². The summed E-state index contributed by atoms with van der Waals surface area (Å²) in [6.45, 7) is 8.38. The highest BCUT2D eigenvalue weighted by molar-refractivity contribution is 5.92. The van der Waals surface area contributed by atoms with Crippen molar-refractivity contribution in [3.63, 3.8) is 0 Å². The highest BCUT2D eigenvalue weighted by atomic mass is 16.5. The molecule has 3 aromatic rings. The van der Waals surface area contributed by atoms with Gasteiger partial charge in [0.15, 0.2) is 5.82 Å². The maximum Gasteiger partial charge on any atom is 0.336 e. The second-order valence-electron chi connectivity index (χ2n) is 7.76. The highest BCUT2D eigenvalue weighted by Gasteiger charge is 2.16. The molecule has 3 rings (SSSR count). The Balaban J connectivity index is 2.00. The van der Waals surface area contributed by atoms with Gasteiger partial charge in [0.1, 0.15) is 5.75 Å². The molecule has 0 saturated carbocycles. The van der Waals surface area contributed by atoms with E-state index in [2.05, 4.69) is 29.2 Å². The fraction of sp³-hybridized carbons (Fsp3) is 0.348. The molecule has 1 amide bonds. The third kappa shape index (κ3) is 5.17. The van der Waals surface area contributed by atoms with Gasteiger partial charge in [0.05, 0.1) is 19.4 Å². The average molecular weight is 409 g/mol. The lowest BCUT2D eigenvalue weighted by atomic mass is 10.2. The first-order valence-electron chi connectivity index (χ1n) is 10.0. The summed E-state index contributed by atoms with van der Waals surface area (Å²) in [6, 6.07) is 15.4. The molecular formula is C23H28N4O3. The van der Waals surface area contributed by atoms with Crippen LogP contribution in [0.1, 0.15) is 27.7 Å². The molecular weight excluding hydrogens is 380 g/mol. The molecule has 7 heteroatoms. The Morgan fingerprint density at radius 1 is 1.10 bits per heavy atom. The molecule has 0 radical (unpaired) electrons. The van der Waals surface area contributed by atoms with Crippen LogP contribution in [0, 0.1) is 11.8 Å². The van der Waals surface area contributed by atoms with Crippen molar-refractivity contribution in [2.75, 3.05) is 19.0 Å². The number of nitrogens with one attached hydrogen (secondary N) is 1. The molecule has 0 bridgehead atoms. The molecule has 0 aliphatic heterocycles. The number of carbonyl (C=O) groups excluding carboxylic acids is 1. The monoisotopic (exact) mass is 408 g/mol. The van der Waals surface area contributed by atoms with E-state index >= 15 is 0 Å². The largest absolute Gasteiger partial charge is 0.497 e. The van der Waals surface area contributed by atoms with Crippen LogP contribution in [-0.2, 0) is 4.79 Å². The molecule has 0 unspecified atom stereocenters. The van der Waals surface area contributed by atoms with E-state index in [-0.39, 0.29) is 11.8 Å². The summed E-state index contributed by atoms with van der Waals surface area (Å²) in [7, 11) is 1.63. The molecule has 30 heavy (non-hydrogen) atoms. The van der Waals surface area contributed by atoms with Crippen LogP contribution in [0.2, 0.25) is 0 Å². The standard InChI is InChI=1S/C23H28N4O3/c1-15(2)14-30-23-25-21(17-9-11-20(29-5)12-10-17)27(26-23)19-8-6-7-18(13-19)24-22(28)16(3)4/h6-13,15-16H,14H2,1-5H3,(H,24,28). The number of rotatable bonds is 8. The summed E-state index contributed by atoms with van der Waals surface area (Å²) in [5.41, 5.74) is 2.35. The number of ether oxygens (including phenoxy) is 2. The zero-order valence-electron chi connectivity index (χ0n) is 18.0. The predicted octanol–water partition coefficient (Wildman–Crippen LogP) is 4.57. The molecule has 0 aliphatic carbocycles. The van der Waals surface area contributed by atoms with Gasteiger partial charge < -0.3 is 14.8 Å². The minimum atomic E-state index is -0.106. The SMILES string of the molecule is COc1ccc(-c2nc(OCC(C)C)nn2-c2cccc(NC(=O)C(C)C)c2)cc1. The molecule has 0 fully saturated rings. The van der Waals surface area contributed by atoms with Crippen molar-refractivity contribution >= 4 is 11.6 Å². The van der Waals surface area contributed by atoms with Gasteiger partial charge in [-0.25, -0.2) is 4.68 Å². The summed E-state index contributed by atoms with van der Waals surface area (Å²) in [6.07, 6.45) is 0. The Labute approximate surface area is 177 Å². The lowest BCUT2D eigenvalue weighted by molar-refractivity contribution is -0.118. The number of aromatic nitrogens is 3. The summed E-state index contributed by atoms with van der Waals surface area (Å²) >= 11 is 0. The van der Waals surface area contributed by atoms with Gasteiger partial charge >= 0.3 is 6.01 Å². The number of methoxy groups -OCH3 is 1. The lowest BCUT2D eigenvalue weighted by Crippen LogP contribution is -2.17. The van der Waals surface area contributed by atoms with E-state index in [9.17, 15) is 4.79 Å². The zero-order chi connectivity index (χ0) is 21.7. The van der Waals surface area contributed by atoms with Crippen molar-refractivity contribution in [2.24, 2.45) is 11.8 Å². The molecule has 0 spiro atoms. The van der Waals surface area contributed by atoms with Gasteiger partial charge in [-0.3, -0.25) is 4.79 Å². The number of carbonyl (C=O) groups is 1. The molecule has 0 atom stereocenters.